The molecule has 8 atom stereocenters. The average Bonchev–Trinajstić information content (AvgIpc) is 3.49. The van der Waals surface area contributed by atoms with Crippen molar-refractivity contribution in [2.75, 3.05) is 12.9 Å². The van der Waals surface area contributed by atoms with Gasteiger partial charge in [-0.1, -0.05) is 81.0 Å². The van der Waals surface area contributed by atoms with E-state index in [9.17, 15) is 0 Å². The predicted molar refractivity (Wildman–Crippen MR) is 174 cm³/mol. The summed E-state index contributed by atoms with van der Waals surface area (Å²) in [4.78, 5) is 0. The summed E-state index contributed by atoms with van der Waals surface area (Å²) in [7, 11) is -4.07. The van der Waals surface area contributed by atoms with Crippen molar-refractivity contribution in [1.82, 2.24) is 0 Å². The van der Waals surface area contributed by atoms with Crippen LogP contribution in [0, 0.1) is 23.7 Å². The third-order valence-corrected chi connectivity index (χ3v) is 20.8. The Kier molecular flexibility index (Phi) is 9.78. The minimum Gasteiger partial charge on any atom is -0.476 e. The fourth-order valence-corrected chi connectivity index (χ4v) is 8.94. The Morgan fingerprint density at radius 1 is 0.974 bits per heavy atom. The molecule has 3 aliphatic rings. The Labute approximate surface area is 251 Å². The van der Waals surface area contributed by atoms with Crippen LogP contribution in [0.15, 0.2) is 0 Å². The molecule has 0 N–H and O–H groups in total. The number of rotatable bonds is 7. The van der Waals surface area contributed by atoms with Crippen LogP contribution in [0.2, 0.25) is 36.3 Å². The minimum absolute atomic E-state index is 0.0324. The number of hydrogen-bond acceptors (Lipinski definition) is 7. The smallest absolute Gasteiger partial charge is 0.219 e. The van der Waals surface area contributed by atoms with Crippen LogP contribution in [0.1, 0.15) is 82.1 Å². The number of thioether (sulfide) groups is 1. The van der Waals surface area contributed by atoms with Gasteiger partial charge in [-0.25, -0.2) is 0 Å². The molecule has 5 nitrogen and oxygen atoms in total. The molecular weight excluding hydrogens is 561 g/mol. The van der Waals surface area contributed by atoms with E-state index in [-0.39, 0.29) is 46.1 Å². The van der Waals surface area contributed by atoms with Crippen LogP contribution in [-0.4, -0.2) is 63.6 Å². The van der Waals surface area contributed by atoms with Crippen LogP contribution >= 0.6 is 24.0 Å². The molecule has 2 aliphatic heterocycles. The maximum Gasteiger partial charge on any atom is 0.219 e. The van der Waals surface area contributed by atoms with E-state index in [0.717, 1.165) is 6.42 Å². The number of ether oxygens (including phenoxy) is 3. The maximum atomic E-state index is 7.26. The van der Waals surface area contributed by atoms with Crippen molar-refractivity contribution in [3.63, 3.8) is 0 Å². The number of thiocarbonyl (C=S) groups is 1. The lowest BCUT2D eigenvalue weighted by molar-refractivity contribution is -0.378. The molecule has 228 valence electrons. The first kappa shape index (κ1) is 34.0. The topological polar surface area (TPSA) is 46.2 Å². The molecule has 39 heavy (non-hydrogen) atoms. The molecule has 0 aromatic rings. The van der Waals surface area contributed by atoms with Gasteiger partial charge in [0.05, 0.1) is 18.3 Å². The zero-order valence-corrected chi connectivity index (χ0v) is 31.2. The van der Waals surface area contributed by atoms with Gasteiger partial charge in [0.2, 0.25) is 4.38 Å². The van der Waals surface area contributed by atoms with E-state index >= 15 is 0 Å². The molecule has 1 aliphatic carbocycles. The van der Waals surface area contributed by atoms with E-state index in [2.05, 4.69) is 95.4 Å². The largest absolute Gasteiger partial charge is 0.476 e. The van der Waals surface area contributed by atoms with Crippen molar-refractivity contribution in [3.05, 3.63) is 0 Å². The van der Waals surface area contributed by atoms with Gasteiger partial charge in [-0.3, -0.25) is 0 Å². The molecule has 3 fully saturated rings. The number of hydrogen-bond donors (Lipinski definition) is 0. The Hall–Kier alpha value is 0.514. The van der Waals surface area contributed by atoms with E-state index in [1.54, 1.807) is 0 Å². The SMILES string of the molecule is CSC(=S)OC[C@]12C[C@H]1[C@@H](O[Si](C)(C)C(C)(C)C)[C@H](C)[C@]1(C[C@@H](O[Si](C)(C)C(C)(C)C)[C@H](C)[C@@H](C(C)C)O1)O2. The summed E-state index contributed by atoms with van der Waals surface area (Å²) in [6.07, 6.45) is 3.72. The quantitative estimate of drug-likeness (QED) is 0.209. The van der Waals surface area contributed by atoms with Crippen LogP contribution in [-0.2, 0) is 23.1 Å². The Morgan fingerprint density at radius 3 is 2.00 bits per heavy atom. The van der Waals surface area contributed by atoms with Crippen molar-refractivity contribution in [1.29, 1.82) is 0 Å². The highest BCUT2D eigenvalue weighted by Crippen LogP contribution is 2.63. The lowest BCUT2D eigenvalue weighted by Gasteiger charge is -2.58. The van der Waals surface area contributed by atoms with Gasteiger partial charge in [-0.15, -0.1) is 0 Å². The van der Waals surface area contributed by atoms with E-state index in [1.807, 2.05) is 6.26 Å². The van der Waals surface area contributed by atoms with E-state index < -0.39 is 28.0 Å². The molecule has 3 rings (SSSR count). The molecule has 0 aromatic heterocycles. The van der Waals surface area contributed by atoms with Gasteiger partial charge in [-0.05, 0) is 67.1 Å². The molecule has 0 amide bonds. The molecular formula is C30H58O5S2Si2. The monoisotopic (exact) mass is 618 g/mol. The zero-order valence-electron chi connectivity index (χ0n) is 27.5. The van der Waals surface area contributed by atoms with Gasteiger partial charge in [0.25, 0.3) is 0 Å². The highest BCUT2D eigenvalue weighted by Gasteiger charge is 2.73. The summed E-state index contributed by atoms with van der Waals surface area (Å²) in [6, 6.07) is 0. The van der Waals surface area contributed by atoms with E-state index in [4.69, 9.17) is 35.3 Å². The van der Waals surface area contributed by atoms with Crippen molar-refractivity contribution in [2.45, 2.75) is 148 Å². The standard InChI is InChI=1S/C30H58O5S2Si2/c1-19(2)24-20(3)23(33-38(12,13)27(5,6)7)17-30(32-24)21(4)25(34-39(14,15)28(8,9)10)22-16-29(22,35-30)18-31-26(36)37-11/h19-25H,16-18H2,1-15H3/t20-,21-,22-,23+,24+,25-,29+,30-/m0/s1. The van der Waals surface area contributed by atoms with Crippen LogP contribution in [0.5, 0.6) is 0 Å². The fourth-order valence-electron chi connectivity index (χ4n) is 5.89. The molecule has 0 aromatic carbocycles. The van der Waals surface area contributed by atoms with Gasteiger partial charge in [-0.2, -0.15) is 0 Å². The second kappa shape index (κ2) is 11.2. The second-order valence-electron chi connectivity index (χ2n) is 16.0. The first-order chi connectivity index (χ1) is 17.5. The lowest BCUT2D eigenvalue weighted by Crippen LogP contribution is -2.66. The van der Waals surface area contributed by atoms with Gasteiger partial charge >= 0.3 is 0 Å². The normalized spacial score (nSPS) is 37.6. The predicted octanol–water partition coefficient (Wildman–Crippen LogP) is 8.63. The zero-order chi connectivity index (χ0) is 30.0. The van der Waals surface area contributed by atoms with E-state index in [0.29, 0.717) is 23.3 Å². The molecule has 9 heteroatoms. The first-order valence-corrected chi connectivity index (χ1v) is 22.4. The van der Waals surface area contributed by atoms with Gasteiger partial charge in [0.15, 0.2) is 22.4 Å². The summed E-state index contributed by atoms with van der Waals surface area (Å²) >= 11 is 6.89. The van der Waals surface area contributed by atoms with Crippen molar-refractivity contribution in [2.24, 2.45) is 23.7 Å². The van der Waals surface area contributed by atoms with Crippen LogP contribution in [0.3, 0.4) is 0 Å². The highest BCUT2D eigenvalue weighted by atomic mass is 32.2. The summed E-state index contributed by atoms with van der Waals surface area (Å²) in [5.41, 5.74) is -0.442. The Morgan fingerprint density at radius 2 is 1.51 bits per heavy atom. The van der Waals surface area contributed by atoms with Gasteiger partial charge in [0, 0.05) is 24.2 Å². The fraction of sp³-hybridized carbons (Fsp3) is 0.967. The van der Waals surface area contributed by atoms with Crippen LogP contribution in [0.4, 0.5) is 0 Å². The van der Waals surface area contributed by atoms with E-state index in [1.165, 1.54) is 11.8 Å². The van der Waals surface area contributed by atoms with Crippen molar-refractivity contribution in [3.8, 4) is 0 Å². The minimum atomic E-state index is -2.05. The summed E-state index contributed by atoms with van der Waals surface area (Å²) in [5, 5.41) is 0.242. The Bertz CT molecular complexity index is 899. The molecule has 0 bridgehead atoms. The molecule has 1 saturated carbocycles. The van der Waals surface area contributed by atoms with Crippen molar-refractivity contribution >= 4 is 45.0 Å². The Balaban J connectivity index is 2.05. The van der Waals surface area contributed by atoms with Crippen molar-refractivity contribution < 1.29 is 23.1 Å². The molecule has 2 saturated heterocycles. The van der Waals surface area contributed by atoms with Gasteiger partial charge in [0.1, 0.15) is 12.2 Å². The molecule has 1 spiro atoms. The molecule has 0 unspecified atom stereocenters. The lowest BCUT2D eigenvalue weighted by atomic mass is 9.77. The summed E-state index contributed by atoms with van der Waals surface area (Å²) in [5.74, 6) is 0.162. The second-order valence-corrected chi connectivity index (χ2v) is 26.9. The third kappa shape index (κ3) is 6.70. The van der Waals surface area contributed by atoms with Crippen LogP contribution < -0.4 is 0 Å². The number of fused-ring (bicyclic) bond motifs is 1. The van der Waals surface area contributed by atoms with Gasteiger partial charge < -0.3 is 23.1 Å². The summed E-state index contributed by atoms with van der Waals surface area (Å²) < 4.78 is 35.5. The third-order valence-electron chi connectivity index (χ3n) is 10.7. The average molecular weight is 619 g/mol. The highest BCUT2D eigenvalue weighted by molar-refractivity contribution is 8.22. The first-order valence-electron chi connectivity index (χ1n) is 15.0. The molecule has 2 heterocycles. The van der Waals surface area contributed by atoms with Crippen LogP contribution in [0.25, 0.3) is 0 Å². The molecule has 0 radical (unpaired) electrons. The summed E-state index contributed by atoms with van der Waals surface area (Å²) in [6.45, 7) is 32.9. The maximum absolute atomic E-state index is 7.26.